The summed E-state index contributed by atoms with van der Waals surface area (Å²) in [5, 5.41) is 7.09. The summed E-state index contributed by atoms with van der Waals surface area (Å²) < 4.78 is 0. The summed E-state index contributed by atoms with van der Waals surface area (Å²) in [6.45, 7) is 5.93. The second-order valence-corrected chi connectivity index (χ2v) is 6.35. The smallest absolute Gasteiger partial charge is 0.221 e. The van der Waals surface area contributed by atoms with Crippen molar-refractivity contribution in [3.05, 3.63) is 24.3 Å². The summed E-state index contributed by atoms with van der Waals surface area (Å²) in [5.41, 5.74) is 1.80. The third-order valence-electron chi connectivity index (χ3n) is 3.16. The molecule has 0 bridgehead atoms. The molecule has 0 aliphatic carbocycles. The average Bonchev–Trinajstić information content (AvgIpc) is 2.41. The van der Waals surface area contributed by atoms with Gasteiger partial charge in [0.1, 0.15) is 0 Å². The maximum atomic E-state index is 11.0. The van der Waals surface area contributed by atoms with Gasteiger partial charge in [-0.2, -0.15) is 0 Å². The van der Waals surface area contributed by atoms with E-state index in [4.69, 9.17) is 4.99 Å². The molecule has 0 saturated heterocycles. The lowest BCUT2D eigenvalue weighted by Gasteiger charge is -2.23. The lowest BCUT2D eigenvalue weighted by Crippen LogP contribution is -2.23. The molecule has 108 valence electrons. The Labute approximate surface area is 124 Å². The molecule has 1 aliphatic heterocycles. The van der Waals surface area contributed by atoms with Crippen molar-refractivity contribution in [2.45, 2.75) is 33.2 Å². The number of anilines is 2. The molecule has 1 aromatic carbocycles. The van der Waals surface area contributed by atoms with Crippen LogP contribution in [0.15, 0.2) is 29.3 Å². The predicted octanol–water partition coefficient (Wildman–Crippen LogP) is 3.57. The van der Waals surface area contributed by atoms with Crippen molar-refractivity contribution in [2.24, 2.45) is 10.9 Å². The quantitative estimate of drug-likeness (QED) is 0.895. The van der Waals surface area contributed by atoms with Crippen LogP contribution in [0.2, 0.25) is 0 Å². The minimum absolute atomic E-state index is 0.0577. The van der Waals surface area contributed by atoms with Crippen molar-refractivity contribution >= 4 is 34.2 Å². The first kappa shape index (κ1) is 14.9. The number of benzene rings is 1. The maximum Gasteiger partial charge on any atom is 0.221 e. The Bertz CT molecular complexity index is 496. The Morgan fingerprint density at radius 1 is 1.30 bits per heavy atom. The first-order valence-corrected chi connectivity index (χ1v) is 7.88. The number of aliphatic imine (C=N–C) groups is 1. The summed E-state index contributed by atoms with van der Waals surface area (Å²) in [7, 11) is 0. The Kier molecular flexibility index (Phi) is 5.06. The van der Waals surface area contributed by atoms with E-state index < -0.39 is 0 Å². The van der Waals surface area contributed by atoms with Gasteiger partial charge in [-0.3, -0.25) is 9.79 Å². The van der Waals surface area contributed by atoms with Crippen LogP contribution in [0, 0.1) is 5.92 Å². The van der Waals surface area contributed by atoms with Crippen LogP contribution >= 0.6 is 11.8 Å². The number of thioether (sulfide) groups is 1. The zero-order valence-corrected chi connectivity index (χ0v) is 13.0. The standard InChI is InChI=1S/C15H21N3OS/c1-10(2)14-8-9-20-15(18-14)17-13-6-4-12(5-7-13)16-11(3)19/h4-7,10,14H,8-9H2,1-3H3,(H,16,19)(H,17,18). The lowest BCUT2D eigenvalue weighted by atomic mass is 10.0. The summed E-state index contributed by atoms with van der Waals surface area (Å²) in [6, 6.07) is 8.09. The summed E-state index contributed by atoms with van der Waals surface area (Å²) in [4.78, 5) is 15.7. The van der Waals surface area contributed by atoms with Gasteiger partial charge in [0.25, 0.3) is 0 Å². The third kappa shape index (κ3) is 4.27. The van der Waals surface area contributed by atoms with E-state index >= 15 is 0 Å². The molecule has 0 spiro atoms. The molecule has 1 aromatic rings. The zero-order chi connectivity index (χ0) is 14.5. The fourth-order valence-corrected chi connectivity index (χ4v) is 3.00. The van der Waals surface area contributed by atoms with Crippen LogP contribution in [0.25, 0.3) is 0 Å². The molecule has 20 heavy (non-hydrogen) atoms. The van der Waals surface area contributed by atoms with E-state index in [0.717, 1.165) is 28.7 Å². The molecule has 1 unspecified atom stereocenters. The Morgan fingerprint density at radius 3 is 2.55 bits per heavy atom. The maximum absolute atomic E-state index is 11.0. The highest BCUT2D eigenvalue weighted by atomic mass is 32.2. The van der Waals surface area contributed by atoms with Crippen molar-refractivity contribution in [3.63, 3.8) is 0 Å². The van der Waals surface area contributed by atoms with Gasteiger partial charge in [-0.05, 0) is 36.6 Å². The molecule has 0 aromatic heterocycles. The van der Waals surface area contributed by atoms with Crippen LogP contribution in [0.3, 0.4) is 0 Å². The van der Waals surface area contributed by atoms with Gasteiger partial charge >= 0.3 is 0 Å². The molecule has 1 amide bonds. The van der Waals surface area contributed by atoms with E-state index in [1.54, 1.807) is 11.8 Å². The Hall–Kier alpha value is -1.49. The van der Waals surface area contributed by atoms with E-state index in [0.29, 0.717) is 12.0 Å². The van der Waals surface area contributed by atoms with Crippen LogP contribution in [-0.4, -0.2) is 22.9 Å². The van der Waals surface area contributed by atoms with Crippen molar-refractivity contribution in [2.75, 3.05) is 16.4 Å². The van der Waals surface area contributed by atoms with Crippen LogP contribution in [-0.2, 0) is 4.79 Å². The minimum atomic E-state index is -0.0577. The second-order valence-electron chi connectivity index (χ2n) is 5.27. The van der Waals surface area contributed by atoms with E-state index in [1.165, 1.54) is 6.92 Å². The fourth-order valence-electron chi connectivity index (χ4n) is 2.04. The monoisotopic (exact) mass is 291 g/mol. The summed E-state index contributed by atoms with van der Waals surface area (Å²) in [6.07, 6.45) is 1.15. The SMILES string of the molecule is CC(=O)Nc1ccc(NC2=NC(C(C)C)CCS2)cc1. The normalized spacial score (nSPS) is 18.6. The van der Waals surface area contributed by atoms with Gasteiger partial charge in [0.15, 0.2) is 5.17 Å². The Morgan fingerprint density at radius 2 is 1.95 bits per heavy atom. The highest BCUT2D eigenvalue weighted by Gasteiger charge is 2.18. The molecule has 0 saturated carbocycles. The molecule has 4 nitrogen and oxygen atoms in total. The van der Waals surface area contributed by atoms with Crippen molar-refractivity contribution in [3.8, 4) is 0 Å². The molecule has 2 N–H and O–H groups in total. The largest absolute Gasteiger partial charge is 0.335 e. The highest BCUT2D eigenvalue weighted by molar-refractivity contribution is 8.14. The molecule has 1 aliphatic rings. The molecule has 2 rings (SSSR count). The van der Waals surface area contributed by atoms with E-state index in [1.807, 2.05) is 24.3 Å². The van der Waals surface area contributed by atoms with Crippen LogP contribution in [0.1, 0.15) is 27.2 Å². The number of amidine groups is 1. The number of carbonyl (C=O) groups is 1. The first-order valence-electron chi connectivity index (χ1n) is 6.90. The number of rotatable bonds is 3. The van der Waals surface area contributed by atoms with Gasteiger partial charge < -0.3 is 10.6 Å². The Balaban J connectivity index is 2.01. The molecule has 0 fully saturated rings. The topological polar surface area (TPSA) is 53.5 Å². The van der Waals surface area contributed by atoms with Gasteiger partial charge in [-0.1, -0.05) is 25.6 Å². The average molecular weight is 291 g/mol. The van der Waals surface area contributed by atoms with Crippen molar-refractivity contribution in [1.29, 1.82) is 0 Å². The fraction of sp³-hybridized carbons (Fsp3) is 0.467. The molecule has 1 atom stereocenters. The van der Waals surface area contributed by atoms with Crippen LogP contribution in [0.5, 0.6) is 0 Å². The molecular weight excluding hydrogens is 270 g/mol. The highest BCUT2D eigenvalue weighted by Crippen LogP contribution is 2.24. The lowest BCUT2D eigenvalue weighted by molar-refractivity contribution is -0.114. The van der Waals surface area contributed by atoms with Crippen molar-refractivity contribution in [1.82, 2.24) is 0 Å². The van der Waals surface area contributed by atoms with Gasteiger partial charge in [-0.25, -0.2) is 0 Å². The summed E-state index contributed by atoms with van der Waals surface area (Å²) >= 11 is 1.76. The molecule has 5 heteroatoms. The van der Waals surface area contributed by atoms with E-state index in [9.17, 15) is 4.79 Å². The number of nitrogens with one attached hydrogen (secondary N) is 2. The van der Waals surface area contributed by atoms with E-state index in [2.05, 4.69) is 24.5 Å². The molecule has 0 radical (unpaired) electrons. The van der Waals surface area contributed by atoms with Crippen molar-refractivity contribution < 1.29 is 4.79 Å². The number of nitrogens with zero attached hydrogens (tertiary/aromatic N) is 1. The number of hydrogen-bond acceptors (Lipinski definition) is 4. The molecular formula is C15H21N3OS. The van der Waals surface area contributed by atoms with Crippen LogP contribution < -0.4 is 10.6 Å². The number of amides is 1. The minimum Gasteiger partial charge on any atom is -0.335 e. The number of hydrogen-bond donors (Lipinski definition) is 2. The first-order chi connectivity index (χ1) is 9.54. The van der Waals surface area contributed by atoms with Gasteiger partial charge in [0, 0.05) is 24.1 Å². The predicted molar refractivity (Wildman–Crippen MR) is 87.5 cm³/mol. The third-order valence-corrected chi connectivity index (χ3v) is 4.08. The zero-order valence-electron chi connectivity index (χ0n) is 12.1. The van der Waals surface area contributed by atoms with Crippen LogP contribution in [0.4, 0.5) is 11.4 Å². The van der Waals surface area contributed by atoms with Gasteiger partial charge in [0.2, 0.25) is 5.91 Å². The number of carbonyl (C=O) groups excluding carboxylic acids is 1. The molecule has 1 heterocycles. The summed E-state index contributed by atoms with van der Waals surface area (Å²) in [5.74, 6) is 1.63. The van der Waals surface area contributed by atoms with Gasteiger partial charge in [-0.15, -0.1) is 0 Å². The van der Waals surface area contributed by atoms with E-state index in [-0.39, 0.29) is 5.91 Å². The second kappa shape index (κ2) is 6.79. The van der Waals surface area contributed by atoms with Gasteiger partial charge in [0.05, 0.1) is 6.04 Å².